The molecule has 0 saturated heterocycles. The lowest BCUT2D eigenvalue weighted by Gasteiger charge is -2.33. The molecule has 0 atom stereocenters. The van der Waals surface area contributed by atoms with Crippen molar-refractivity contribution in [2.24, 2.45) is 0 Å². The van der Waals surface area contributed by atoms with Crippen LogP contribution in [0.1, 0.15) is 44.5 Å². The van der Waals surface area contributed by atoms with E-state index in [1.165, 1.54) is 292 Å². The van der Waals surface area contributed by atoms with Crippen LogP contribution >= 0.6 is 0 Å². The van der Waals surface area contributed by atoms with Crippen molar-refractivity contribution in [1.82, 2.24) is 0 Å². The maximum Gasteiger partial charge on any atom is 0.138 e. The van der Waals surface area contributed by atoms with Gasteiger partial charge in [-0.3, -0.25) is 0 Å². The molecule has 0 amide bonds. The van der Waals surface area contributed by atoms with Gasteiger partial charge >= 0.3 is 0 Å². The first-order valence-corrected chi connectivity index (χ1v) is 34.9. The Labute approximate surface area is 560 Å². The predicted molar refractivity (Wildman–Crippen MR) is 420 cm³/mol. The SMILES string of the molecule is Cc1ccc2c3ccc4c5c6c(ccc7c8ccc9c%10cc%11c%12ccc(C)c%13c%14c(C)ccc%15c%16ccc%17c%18c%19c(ccc%20c%21ccc%22c%23cc%24c%25ccc(C)c%26c1c2c1c(c35)c(c76)c2c8c9c(c%23c%10c3c%22c%21c5c(c%20%19)c(c%16%18)c(c%15%14)c(c%12%13)c5c%113)c%24c2c1c%25%26)C%17=C(C#N)C#N)C4=C(C#N)C#N. The molecule has 0 unspecified atom stereocenters. The van der Waals surface area contributed by atoms with Crippen LogP contribution in [-0.2, 0) is 0 Å². The number of hydrogen-bond acceptors (Lipinski definition) is 4. The lowest BCUT2D eigenvalue weighted by atomic mass is 9.69. The van der Waals surface area contributed by atoms with Crippen LogP contribution in [0.3, 0.4) is 0 Å². The topological polar surface area (TPSA) is 95.2 Å². The molecule has 438 valence electrons. The van der Waals surface area contributed by atoms with Gasteiger partial charge in [0.1, 0.15) is 35.4 Å². The molecule has 4 heteroatoms. The molecule has 0 heterocycles. The van der Waals surface area contributed by atoms with Crippen LogP contribution in [0.15, 0.2) is 145 Å². The van der Waals surface area contributed by atoms with E-state index in [0.29, 0.717) is 0 Å². The lowest BCUT2D eigenvalue weighted by Crippen LogP contribution is -2.04. The summed E-state index contributed by atoms with van der Waals surface area (Å²) < 4.78 is 0. The van der Waals surface area contributed by atoms with Gasteiger partial charge < -0.3 is 0 Å². The Morgan fingerprint density at radius 1 is 0.170 bits per heavy atom. The number of rotatable bonds is 0. The largest absolute Gasteiger partial charge is 0.192 e. The third-order valence-electron chi connectivity index (χ3n) is 27.6. The van der Waals surface area contributed by atoms with Gasteiger partial charge in [-0.1, -0.05) is 121 Å². The van der Waals surface area contributed by atoms with Crippen molar-refractivity contribution in [2.45, 2.75) is 27.7 Å². The van der Waals surface area contributed by atoms with Gasteiger partial charge in [-0.2, -0.15) is 21.0 Å². The number of aryl methyl sites for hydroxylation is 4. The first kappa shape index (κ1) is 47.4. The Bertz CT molecular complexity index is 8810. The fourth-order valence-electron chi connectivity index (χ4n) is 24.8. The van der Waals surface area contributed by atoms with Crippen molar-refractivity contribution >= 4 is 302 Å². The van der Waals surface area contributed by atoms with Gasteiger partial charge in [0.2, 0.25) is 0 Å². The van der Waals surface area contributed by atoms with Crippen molar-refractivity contribution in [3.8, 4) is 24.3 Å². The predicted octanol–water partition coefficient (Wildman–Crippen LogP) is 25.9. The van der Waals surface area contributed by atoms with Gasteiger partial charge in [0.25, 0.3) is 0 Å². The van der Waals surface area contributed by atoms with Gasteiger partial charge in [0, 0.05) is 11.1 Å². The highest BCUT2D eigenvalue weighted by molar-refractivity contribution is 6.69. The van der Waals surface area contributed by atoms with E-state index >= 15 is 0 Å². The van der Waals surface area contributed by atoms with E-state index in [-0.39, 0.29) is 11.1 Å². The van der Waals surface area contributed by atoms with Crippen LogP contribution in [0, 0.1) is 73.0 Å². The van der Waals surface area contributed by atoms with Gasteiger partial charge in [-0.15, -0.1) is 0 Å². The molecule has 2 aliphatic carbocycles. The fraction of sp³-hybridized carbons (Fsp3) is 0.0417. The molecule has 28 aromatic carbocycles. The number of fused-ring (bicyclic) bond motifs is 10. The zero-order chi connectivity index (χ0) is 64.5. The zero-order valence-corrected chi connectivity index (χ0v) is 53.5. The standard InChI is InChI=1S/C96H34N4/c1-31-5-9-37-41-17-21-49-61(35(27-97)28-98)51-23-19-43-39-13-16-48-54-26-56-46-12-8-34(4)60-58-32(2)6-10-38-42-18-22-50-62(36(29-99)30-100)52-24-20-44-40-14-15-47-53-25-55-45-11-7-33(3)59-57(31)63(37)85-87(65(45)59)95-81(55)83(73(48)67(39)89(95)93-71(43)77(51)75(49)69(41)91(85)93)79(53)80(54)84-74(47)68(40)90-94-72(44)78(52)76(50)70(42)92(94)86(64(38)58)88(66(46)60)96(90)82(56)84/h5-26H,1-4H3. The summed E-state index contributed by atoms with van der Waals surface area (Å²) in [5, 5.41) is 113. The Balaban J connectivity index is 0.944. The zero-order valence-electron chi connectivity index (χ0n) is 53.5. The summed E-state index contributed by atoms with van der Waals surface area (Å²) in [7, 11) is 0. The quantitative estimate of drug-likeness (QED) is 0.0858. The molecule has 0 radical (unpaired) electrons. The average molecular weight is 1240 g/mol. The Kier molecular flexibility index (Phi) is 6.54. The molecule has 0 bridgehead atoms. The summed E-state index contributed by atoms with van der Waals surface area (Å²) in [6, 6.07) is 62.4. The fourth-order valence-corrected chi connectivity index (χ4v) is 24.8. The molecule has 30 rings (SSSR count). The summed E-state index contributed by atoms with van der Waals surface area (Å²) in [5.41, 5.74) is 10.8. The summed E-state index contributed by atoms with van der Waals surface area (Å²) in [6.07, 6.45) is 0. The highest BCUT2D eigenvalue weighted by Crippen LogP contribution is 2.69. The molecule has 100 heavy (non-hydrogen) atoms. The van der Waals surface area contributed by atoms with Crippen molar-refractivity contribution in [2.75, 3.05) is 0 Å². The molecule has 2 aliphatic rings. The average Bonchev–Trinajstić information content (AvgIpc) is 0.798. The molecule has 0 N–H and O–H groups in total. The molecular formula is C96H34N4. The van der Waals surface area contributed by atoms with Crippen LogP contribution in [-0.4, -0.2) is 0 Å². The molecule has 0 aromatic heterocycles. The van der Waals surface area contributed by atoms with E-state index in [2.05, 4.69) is 185 Å². The molecule has 0 spiro atoms. The highest BCUT2D eigenvalue weighted by Gasteiger charge is 2.42. The minimum atomic E-state index is 0.154. The molecular weight excluding hydrogens is 1210 g/mol. The summed E-state index contributed by atoms with van der Waals surface area (Å²) in [4.78, 5) is 0. The Morgan fingerprint density at radius 2 is 0.320 bits per heavy atom. The van der Waals surface area contributed by atoms with E-state index in [0.717, 1.165) is 54.9 Å². The number of hydrogen-bond donors (Lipinski definition) is 0. The second-order valence-corrected chi connectivity index (χ2v) is 30.8. The van der Waals surface area contributed by atoms with Crippen LogP contribution < -0.4 is 0 Å². The summed E-state index contributed by atoms with van der Waals surface area (Å²) in [6.45, 7) is 9.33. The first-order valence-electron chi connectivity index (χ1n) is 34.9. The molecule has 0 saturated carbocycles. The van der Waals surface area contributed by atoms with Crippen LogP contribution in [0.25, 0.3) is 302 Å². The molecule has 0 aliphatic heterocycles. The maximum atomic E-state index is 10.9. The van der Waals surface area contributed by atoms with Gasteiger partial charge in [-0.25, -0.2) is 0 Å². The van der Waals surface area contributed by atoms with E-state index in [1.807, 2.05) is 0 Å². The molecule has 28 aromatic rings. The Morgan fingerprint density at radius 3 is 0.540 bits per heavy atom. The second kappa shape index (κ2) is 13.8. The monoisotopic (exact) mass is 1240 g/mol. The summed E-state index contributed by atoms with van der Waals surface area (Å²) >= 11 is 0. The highest BCUT2D eigenvalue weighted by atomic mass is 14.4. The van der Waals surface area contributed by atoms with E-state index in [9.17, 15) is 21.0 Å². The van der Waals surface area contributed by atoms with E-state index < -0.39 is 0 Å². The second-order valence-electron chi connectivity index (χ2n) is 30.8. The minimum absolute atomic E-state index is 0.154. The summed E-state index contributed by atoms with van der Waals surface area (Å²) in [5.74, 6) is 0. The van der Waals surface area contributed by atoms with Crippen molar-refractivity contribution in [3.05, 3.63) is 189 Å². The van der Waals surface area contributed by atoms with Gasteiger partial charge in [-0.05, 0) is 375 Å². The first-order chi connectivity index (χ1) is 49.2. The van der Waals surface area contributed by atoms with Crippen molar-refractivity contribution in [1.29, 1.82) is 21.0 Å². The van der Waals surface area contributed by atoms with Crippen LogP contribution in [0.5, 0.6) is 0 Å². The molecule has 4 nitrogen and oxygen atoms in total. The van der Waals surface area contributed by atoms with Crippen molar-refractivity contribution < 1.29 is 0 Å². The normalized spacial score (nSPS) is 14.3. The van der Waals surface area contributed by atoms with Crippen LogP contribution in [0.2, 0.25) is 0 Å². The van der Waals surface area contributed by atoms with E-state index in [4.69, 9.17) is 0 Å². The number of nitriles is 4. The number of nitrogens with zero attached hydrogens (tertiary/aromatic N) is 4. The maximum absolute atomic E-state index is 10.9. The number of benzene rings is 28. The number of allylic oxidation sites excluding steroid dienone is 2. The smallest absolute Gasteiger partial charge is 0.138 e. The lowest BCUT2D eigenvalue weighted by molar-refractivity contribution is 1.46. The third-order valence-corrected chi connectivity index (χ3v) is 27.6. The van der Waals surface area contributed by atoms with Crippen molar-refractivity contribution in [3.63, 3.8) is 0 Å². The van der Waals surface area contributed by atoms with Crippen LogP contribution in [0.4, 0.5) is 0 Å². The third kappa shape index (κ3) is 3.99. The molecule has 0 fully saturated rings. The minimum Gasteiger partial charge on any atom is -0.192 e. The van der Waals surface area contributed by atoms with Gasteiger partial charge in [0.05, 0.1) is 0 Å². The Hall–Kier alpha value is -13.5. The van der Waals surface area contributed by atoms with Gasteiger partial charge in [0.15, 0.2) is 0 Å². The van der Waals surface area contributed by atoms with E-state index in [1.54, 1.807) is 0 Å².